The summed E-state index contributed by atoms with van der Waals surface area (Å²) in [4.78, 5) is 0.950. The summed E-state index contributed by atoms with van der Waals surface area (Å²) in [6.45, 7) is 2.05. The maximum atomic E-state index is 5.29. The standard InChI is InChI=1S/C9H14O2SSi/c1-7-4-5-8(12)9(6-7)13(10-2)11-3/h4-6,12-13H,1-3H3. The fourth-order valence-corrected chi connectivity index (χ4v) is 3.11. The van der Waals surface area contributed by atoms with Crippen LogP contribution >= 0.6 is 12.6 Å². The number of hydrogen-bond acceptors (Lipinski definition) is 3. The number of rotatable bonds is 3. The zero-order chi connectivity index (χ0) is 9.84. The highest BCUT2D eigenvalue weighted by atomic mass is 32.1. The molecule has 0 saturated heterocycles. The second-order valence-electron chi connectivity index (χ2n) is 2.87. The van der Waals surface area contributed by atoms with Crippen molar-refractivity contribution in [1.82, 2.24) is 0 Å². The molecule has 0 unspecified atom stereocenters. The van der Waals surface area contributed by atoms with Crippen LogP contribution in [0.5, 0.6) is 0 Å². The van der Waals surface area contributed by atoms with Gasteiger partial charge in [-0.25, -0.2) is 0 Å². The van der Waals surface area contributed by atoms with E-state index in [1.807, 2.05) is 19.1 Å². The smallest absolute Gasteiger partial charge is 0.356 e. The van der Waals surface area contributed by atoms with Gasteiger partial charge in [-0.2, -0.15) is 0 Å². The Hall–Kier alpha value is -0.293. The Labute approximate surface area is 86.1 Å². The highest BCUT2D eigenvalue weighted by Crippen LogP contribution is 2.06. The lowest BCUT2D eigenvalue weighted by molar-refractivity contribution is 0.291. The van der Waals surface area contributed by atoms with Gasteiger partial charge in [0.1, 0.15) is 0 Å². The van der Waals surface area contributed by atoms with E-state index in [1.165, 1.54) is 5.56 Å². The summed E-state index contributed by atoms with van der Waals surface area (Å²) in [7, 11) is 1.66. The van der Waals surface area contributed by atoms with E-state index in [-0.39, 0.29) is 0 Å². The van der Waals surface area contributed by atoms with Gasteiger partial charge in [0.15, 0.2) is 0 Å². The van der Waals surface area contributed by atoms with Gasteiger partial charge >= 0.3 is 9.28 Å². The molecule has 0 fully saturated rings. The van der Waals surface area contributed by atoms with Crippen LogP contribution < -0.4 is 5.19 Å². The summed E-state index contributed by atoms with van der Waals surface area (Å²) >= 11 is 4.37. The fraction of sp³-hybridized carbons (Fsp3) is 0.333. The molecule has 0 heterocycles. The molecule has 0 aliphatic carbocycles. The normalized spacial score (nSPS) is 10.8. The van der Waals surface area contributed by atoms with E-state index in [2.05, 4.69) is 18.7 Å². The molecule has 72 valence electrons. The number of hydrogen-bond donors (Lipinski definition) is 1. The molecular formula is C9H14O2SSi. The minimum atomic E-state index is -1.69. The van der Waals surface area contributed by atoms with E-state index in [1.54, 1.807) is 14.2 Å². The SMILES string of the molecule is CO[SiH](OC)c1cc(C)ccc1S. The van der Waals surface area contributed by atoms with Crippen LogP contribution in [-0.2, 0) is 8.85 Å². The van der Waals surface area contributed by atoms with Crippen LogP contribution in [0.2, 0.25) is 0 Å². The van der Waals surface area contributed by atoms with Gasteiger partial charge in [0, 0.05) is 24.3 Å². The van der Waals surface area contributed by atoms with Crippen molar-refractivity contribution >= 4 is 27.1 Å². The molecule has 0 atom stereocenters. The first-order valence-corrected chi connectivity index (χ1v) is 6.01. The first kappa shape index (κ1) is 10.8. The highest BCUT2D eigenvalue weighted by molar-refractivity contribution is 7.80. The maximum Gasteiger partial charge on any atom is 0.356 e. The van der Waals surface area contributed by atoms with Crippen molar-refractivity contribution in [2.24, 2.45) is 0 Å². The van der Waals surface area contributed by atoms with Gasteiger partial charge in [-0.05, 0) is 13.0 Å². The van der Waals surface area contributed by atoms with Crippen LogP contribution in [0, 0.1) is 6.92 Å². The lowest BCUT2D eigenvalue weighted by Crippen LogP contribution is -2.36. The van der Waals surface area contributed by atoms with Gasteiger partial charge < -0.3 is 8.85 Å². The van der Waals surface area contributed by atoms with Gasteiger partial charge in [-0.15, -0.1) is 12.6 Å². The van der Waals surface area contributed by atoms with Crippen LogP contribution in [0.3, 0.4) is 0 Å². The minimum Gasteiger partial charge on any atom is -0.397 e. The monoisotopic (exact) mass is 214 g/mol. The van der Waals surface area contributed by atoms with Crippen molar-refractivity contribution in [3.05, 3.63) is 23.8 Å². The molecule has 4 heteroatoms. The molecule has 0 radical (unpaired) electrons. The molecular weight excluding hydrogens is 200 g/mol. The fourth-order valence-electron chi connectivity index (χ4n) is 1.21. The molecule has 1 aromatic rings. The number of benzene rings is 1. The van der Waals surface area contributed by atoms with Gasteiger partial charge in [-0.3, -0.25) is 0 Å². The molecule has 1 aromatic carbocycles. The van der Waals surface area contributed by atoms with Crippen molar-refractivity contribution in [1.29, 1.82) is 0 Å². The zero-order valence-electron chi connectivity index (χ0n) is 8.07. The molecule has 0 N–H and O–H groups in total. The summed E-state index contributed by atoms with van der Waals surface area (Å²) in [6.07, 6.45) is 0. The molecule has 0 aromatic heterocycles. The zero-order valence-corrected chi connectivity index (χ0v) is 10.1. The Kier molecular flexibility index (Phi) is 3.99. The van der Waals surface area contributed by atoms with E-state index < -0.39 is 9.28 Å². The Morgan fingerprint density at radius 1 is 1.23 bits per heavy atom. The topological polar surface area (TPSA) is 18.5 Å². The van der Waals surface area contributed by atoms with Crippen LogP contribution in [0.4, 0.5) is 0 Å². The Bertz CT molecular complexity index is 287. The molecule has 1 rings (SSSR count). The molecule has 0 aliphatic rings. The molecule has 0 bridgehead atoms. The Balaban J connectivity index is 3.03. The second-order valence-corrected chi connectivity index (χ2v) is 5.58. The highest BCUT2D eigenvalue weighted by Gasteiger charge is 2.15. The van der Waals surface area contributed by atoms with Crippen molar-refractivity contribution in [2.75, 3.05) is 14.2 Å². The quantitative estimate of drug-likeness (QED) is 0.598. The summed E-state index contributed by atoms with van der Waals surface area (Å²) in [5.74, 6) is 0. The second kappa shape index (κ2) is 4.81. The lowest BCUT2D eigenvalue weighted by Gasteiger charge is -2.13. The lowest BCUT2D eigenvalue weighted by atomic mass is 10.2. The van der Waals surface area contributed by atoms with E-state index in [0.29, 0.717) is 0 Å². The maximum absolute atomic E-state index is 5.29. The third-order valence-electron chi connectivity index (χ3n) is 1.87. The number of thiol groups is 1. The predicted octanol–water partition coefficient (Wildman–Crippen LogP) is 1.00. The summed E-state index contributed by atoms with van der Waals surface area (Å²) in [5, 5.41) is 1.10. The van der Waals surface area contributed by atoms with E-state index >= 15 is 0 Å². The first-order chi connectivity index (χ1) is 6.19. The third kappa shape index (κ3) is 2.57. The van der Waals surface area contributed by atoms with E-state index in [9.17, 15) is 0 Å². The van der Waals surface area contributed by atoms with E-state index in [4.69, 9.17) is 8.85 Å². The third-order valence-corrected chi connectivity index (χ3v) is 4.36. The molecule has 0 spiro atoms. The molecule has 13 heavy (non-hydrogen) atoms. The minimum absolute atomic E-state index is 0.950. The Morgan fingerprint density at radius 3 is 2.38 bits per heavy atom. The molecule has 0 amide bonds. The van der Waals surface area contributed by atoms with Crippen molar-refractivity contribution in [2.45, 2.75) is 11.8 Å². The summed E-state index contributed by atoms with van der Waals surface area (Å²) in [5.41, 5.74) is 1.21. The molecule has 0 saturated carbocycles. The summed E-state index contributed by atoms with van der Waals surface area (Å²) in [6, 6.07) is 6.08. The van der Waals surface area contributed by atoms with Crippen LogP contribution in [0.15, 0.2) is 23.1 Å². The Morgan fingerprint density at radius 2 is 1.85 bits per heavy atom. The van der Waals surface area contributed by atoms with Crippen molar-refractivity contribution in [3.63, 3.8) is 0 Å². The van der Waals surface area contributed by atoms with Gasteiger partial charge in [0.05, 0.1) is 0 Å². The average molecular weight is 214 g/mol. The first-order valence-electron chi connectivity index (χ1n) is 4.04. The van der Waals surface area contributed by atoms with Crippen LogP contribution in [0.1, 0.15) is 5.56 Å². The summed E-state index contributed by atoms with van der Waals surface area (Å²) < 4.78 is 10.6. The molecule has 0 aliphatic heterocycles. The average Bonchev–Trinajstić information content (AvgIpc) is 2.13. The van der Waals surface area contributed by atoms with Gasteiger partial charge in [0.25, 0.3) is 0 Å². The van der Waals surface area contributed by atoms with Gasteiger partial charge in [-0.1, -0.05) is 17.7 Å². The largest absolute Gasteiger partial charge is 0.397 e. The molecule has 2 nitrogen and oxygen atoms in total. The van der Waals surface area contributed by atoms with Gasteiger partial charge in [0.2, 0.25) is 0 Å². The van der Waals surface area contributed by atoms with Crippen molar-refractivity contribution in [3.8, 4) is 0 Å². The van der Waals surface area contributed by atoms with Crippen LogP contribution in [-0.4, -0.2) is 23.5 Å². The number of aryl methyl sites for hydroxylation is 1. The predicted molar refractivity (Wildman–Crippen MR) is 59.2 cm³/mol. The van der Waals surface area contributed by atoms with Crippen molar-refractivity contribution < 1.29 is 8.85 Å². The van der Waals surface area contributed by atoms with Crippen LogP contribution in [0.25, 0.3) is 0 Å². The van der Waals surface area contributed by atoms with E-state index in [0.717, 1.165) is 10.1 Å².